The molecule has 0 spiro atoms. The highest BCUT2D eigenvalue weighted by molar-refractivity contribution is 9.09. The Bertz CT molecular complexity index is 416. The van der Waals surface area contributed by atoms with Crippen molar-refractivity contribution in [3.8, 4) is 5.75 Å². The van der Waals surface area contributed by atoms with Crippen molar-refractivity contribution in [1.29, 1.82) is 0 Å². The van der Waals surface area contributed by atoms with Crippen molar-refractivity contribution >= 4 is 27.5 Å². The first-order valence-corrected chi connectivity index (χ1v) is 6.82. The first kappa shape index (κ1) is 12.4. The lowest BCUT2D eigenvalue weighted by Crippen LogP contribution is -2.14. The number of nitrogens with one attached hydrogen (secondary N) is 1. The van der Waals surface area contributed by atoms with Crippen LogP contribution in [0.5, 0.6) is 5.75 Å². The fraction of sp³-hybridized carbons (Fsp3) is 0.462. The lowest BCUT2D eigenvalue weighted by atomic mass is 10.2. The van der Waals surface area contributed by atoms with E-state index in [1.54, 1.807) is 0 Å². The van der Waals surface area contributed by atoms with Crippen molar-refractivity contribution in [1.82, 2.24) is 0 Å². The summed E-state index contributed by atoms with van der Waals surface area (Å²) in [5.41, 5.74) is 1.11. The Morgan fingerprint density at radius 2 is 2.29 bits per heavy atom. The molecular formula is C13H16BrNO2. The Hall–Kier alpha value is -1.03. The highest BCUT2D eigenvalue weighted by atomic mass is 79.9. The first-order valence-electron chi connectivity index (χ1n) is 5.70. The first-order chi connectivity index (χ1) is 8.13. The Morgan fingerprint density at radius 3 is 2.88 bits per heavy atom. The minimum atomic E-state index is -0.0683. The molecule has 2 rings (SSSR count). The molecule has 1 amide bonds. The molecule has 1 aliphatic carbocycles. The van der Waals surface area contributed by atoms with Crippen molar-refractivity contribution in [2.45, 2.75) is 19.8 Å². The molecule has 1 aromatic rings. The second-order valence-corrected chi connectivity index (χ2v) is 5.19. The third kappa shape index (κ3) is 3.46. The topological polar surface area (TPSA) is 38.3 Å². The number of amides is 1. The molecule has 0 atom stereocenters. The molecule has 1 aliphatic rings. The summed E-state index contributed by atoms with van der Waals surface area (Å²) in [6, 6.07) is 7.50. The van der Waals surface area contributed by atoms with Crippen molar-refractivity contribution in [2.75, 3.05) is 17.3 Å². The van der Waals surface area contributed by atoms with Crippen LogP contribution >= 0.6 is 15.9 Å². The fourth-order valence-corrected chi connectivity index (χ4v) is 2.32. The van der Waals surface area contributed by atoms with Gasteiger partial charge in [0.1, 0.15) is 5.75 Å². The average Bonchev–Trinajstić information content (AvgIpc) is 3.07. The number of hydrogen-bond donors (Lipinski definition) is 1. The van der Waals surface area contributed by atoms with Gasteiger partial charge in [-0.2, -0.15) is 0 Å². The van der Waals surface area contributed by atoms with E-state index in [0.717, 1.165) is 23.4 Å². The molecule has 1 fully saturated rings. The predicted molar refractivity (Wildman–Crippen MR) is 71.7 cm³/mol. The number of halogens is 1. The van der Waals surface area contributed by atoms with Crippen LogP contribution in [0, 0.1) is 5.41 Å². The molecule has 1 saturated carbocycles. The number of ether oxygens (including phenoxy) is 1. The van der Waals surface area contributed by atoms with Gasteiger partial charge < -0.3 is 10.1 Å². The highest BCUT2D eigenvalue weighted by Crippen LogP contribution is 2.47. The van der Waals surface area contributed by atoms with Gasteiger partial charge in [0.25, 0.3) is 0 Å². The van der Waals surface area contributed by atoms with E-state index in [1.165, 1.54) is 19.8 Å². The van der Waals surface area contributed by atoms with Gasteiger partial charge in [0, 0.05) is 29.4 Å². The Kier molecular flexibility index (Phi) is 3.72. The molecule has 4 heteroatoms. The van der Waals surface area contributed by atoms with Crippen molar-refractivity contribution in [3.63, 3.8) is 0 Å². The van der Waals surface area contributed by atoms with Crippen LogP contribution in [-0.2, 0) is 4.79 Å². The third-order valence-corrected chi connectivity index (χ3v) is 4.13. The van der Waals surface area contributed by atoms with Crippen molar-refractivity contribution in [2.24, 2.45) is 5.41 Å². The molecule has 0 unspecified atom stereocenters. The van der Waals surface area contributed by atoms with Crippen LogP contribution in [0.15, 0.2) is 24.3 Å². The van der Waals surface area contributed by atoms with Crippen LogP contribution in [0.1, 0.15) is 19.8 Å². The van der Waals surface area contributed by atoms with Gasteiger partial charge >= 0.3 is 0 Å². The summed E-state index contributed by atoms with van der Waals surface area (Å²) in [6.45, 7) is 2.24. The van der Waals surface area contributed by atoms with Gasteiger partial charge in [0.15, 0.2) is 0 Å². The lowest BCUT2D eigenvalue weighted by molar-refractivity contribution is -0.114. The molecule has 0 aromatic heterocycles. The summed E-state index contributed by atoms with van der Waals surface area (Å²) in [7, 11) is 0. The standard InChI is InChI=1S/C13H16BrNO2/c1-10(16)15-11-3-2-4-12(7-11)17-9-13(8-14)5-6-13/h2-4,7H,5-6,8-9H2,1H3,(H,15,16). The zero-order chi connectivity index (χ0) is 12.3. The molecule has 3 nitrogen and oxygen atoms in total. The molecule has 0 saturated heterocycles. The minimum Gasteiger partial charge on any atom is -0.493 e. The van der Waals surface area contributed by atoms with Crippen LogP contribution in [0.25, 0.3) is 0 Å². The second-order valence-electron chi connectivity index (χ2n) is 4.63. The van der Waals surface area contributed by atoms with Gasteiger partial charge in [-0.05, 0) is 25.0 Å². The molecule has 0 heterocycles. The zero-order valence-corrected chi connectivity index (χ0v) is 11.4. The van der Waals surface area contributed by atoms with E-state index in [-0.39, 0.29) is 5.91 Å². The van der Waals surface area contributed by atoms with Crippen LogP contribution in [-0.4, -0.2) is 17.8 Å². The molecule has 0 bridgehead atoms. The largest absolute Gasteiger partial charge is 0.493 e. The zero-order valence-electron chi connectivity index (χ0n) is 9.83. The molecule has 1 aromatic carbocycles. The van der Waals surface area contributed by atoms with Crippen LogP contribution in [0.2, 0.25) is 0 Å². The van der Waals surface area contributed by atoms with Crippen molar-refractivity contribution in [3.05, 3.63) is 24.3 Å². The summed E-state index contributed by atoms with van der Waals surface area (Å²) >= 11 is 3.52. The fourth-order valence-electron chi connectivity index (χ4n) is 1.60. The second kappa shape index (κ2) is 5.08. The van der Waals surface area contributed by atoms with Crippen LogP contribution in [0.4, 0.5) is 5.69 Å². The van der Waals surface area contributed by atoms with Crippen molar-refractivity contribution < 1.29 is 9.53 Å². The highest BCUT2D eigenvalue weighted by Gasteiger charge is 2.42. The van der Waals surface area contributed by atoms with E-state index >= 15 is 0 Å². The van der Waals surface area contributed by atoms with Gasteiger partial charge in [0.05, 0.1) is 6.61 Å². The van der Waals surface area contributed by atoms with Gasteiger partial charge in [-0.3, -0.25) is 4.79 Å². The summed E-state index contributed by atoms with van der Waals surface area (Å²) < 4.78 is 5.77. The number of carbonyl (C=O) groups excluding carboxylic acids is 1. The molecule has 92 valence electrons. The van der Waals surface area contributed by atoms with E-state index in [2.05, 4.69) is 21.2 Å². The van der Waals surface area contributed by atoms with E-state index in [1.807, 2.05) is 24.3 Å². The Morgan fingerprint density at radius 1 is 1.53 bits per heavy atom. The maximum atomic E-state index is 10.9. The summed E-state index contributed by atoms with van der Waals surface area (Å²) in [5.74, 6) is 0.741. The Balaban J connectivity index is 1.94. The number of carbonyl (C=O) groups is 1. The average molecular weight is 298 g/mol. The Labute approximate surface area is 110 Å². The quantitative estimate of drug-likeness (QED) is 0.848. The smallest absolute Gasteiger partial charge is 0.221 e. The third-order valence-electron chi connectivity index (χ3n) is 2.94. The lowest BCUT2D eigenvalue weighted by Gasteiger charge is -2.13. The van der Waals surface area contributed by atoms with E-state index < -0.39 is 0 Å². The maximum Gasteiger partial charge on any atom is 0.221 e. The maximum absolute atomic E-state index is 10.9. The minimum absolute atomic E-state index is 0.0683. The summed E-state index contributed by atoms with van der Waals surface area (Å²) in [4.78, 5) is 10.9. The number of hydrogen-bond acceptors (Lipinski definition) is 2. The van der Waals surface area contributed by atoms with E-state index in [0.29, 0.717) is 5.41 Å². The summed E-state index contributed by atoms with van der Waals surface area (Å²) in [5, 5.41) is 3.74. The summed E-state index contributed by atoms with van der Waals surface area (Å²) in [6.07, 6.45) is 2.45. The molecule has 0 aliphatic heterocycles. The van der Waals surface area contributed by atoms with E-state index in [4.69, 9.17) is 4.74 Å². The molecule has 17 heavy (non-hydrogen) atoms. The SMILES string of the molecule is CC(=O)Nc1cccc(OCC2(CBr)CC2)c1. The van der Waals surface area contributed by atoms with Gasteiger partial charge in [-0.1, -0.05) is 22.0 Å². The monoisotopic (exact) mass is 297 g/mol. The predicted octanol–water partition coefficient (Wildman–Crippen LogP) is 3.20. The van der Waals surface area contributed by atoms with Gasteiger partial charge in [-0.15, -0.1) is 0 Å². The van der Waals surface area contributed by atoms with E-state index in [9.17, 15) is 4.79 Å². The number of benzene rings is 1. The number of alkyl halides is 1. The molecule has 0 radical (unpaired) electrons. The van der Waals surface area contributed by atoms with Crippen LogP contribution < -0.4 is 10.1 Å². The van der Waals surface area contributed by atoms with Gasteiger partial charge in [-0.25, -0.2) is 0 Å². The molecule has 1 N–H and O–H groups in total. The molecular weight excluding hydrogens is 282 g/mol. The normalized spacial score (nSPS) is 16.4. The van der Waals surface area contributed by atoms with Crippen LogP contribution in [0.3, 0.4) is 0 Å². The number of rotatable bonds is 5. The number of anilines is 1. The van der Waals surface area contributed by atoms with Gasteiger partial charge in [0.2, 0.25) is 5.91 Å².